The monoisotopic (exact) mass is 1210 g/mol. The molecule has 0 radical (unpaired) electrons. The fourth-order valence-corrected chi connectivity index (χ4v) is 5.31. The molecule has 13 nitrogen and oxygen atoms in total. The van der Waals surface area contributed by atoms with E-state index in [2.05, 4.69) is 182 Å². The smallest absolute Gasteiger partial charge is 0.130 e. The molecule has 8 heterocycles. The summed E-state index contributed by atoms with van der Waals surface area (Å²) in [4.78, 5) is 36.2. The molecule has 0 aromatic carbocycles. The van der Waals surface area contributed by atoms with Gasteiger partial charge in [-0.25, -0.2) is 19.9 Å². The van der Waals surface area contributed by atoms with Gasteiger partial charge in [0.25, 0.3) is 0 Å². The average molecular weight is 1210 g/mol. The Morgan fingerprint density at radius 3 is 0.932 bits per heavy atom. The van der Waals surface area contributed by atoms with E-state index in [1.807, 2.05) is 202 Å². The van der Waals surface area contributed by atoms with E-state index in [1.165, 1.54) is 16.7 Å². The maximum absolute atomic E-state index is 4.18. The fourth-order valence-electron chi connectivity index (χ4n) is 5.31. The molecule has 496 valence electrons. The normalized spacial score (nSPS) is 8.82. The van der Waals surface area contributed by atoms with Gasteiger partial charge in [0.1, 0.15) is 12.2 Å². The van der Waals surface area contributed by atoms with Crippen molar-refractivity contribution in [1.82, 2.24) is 65.3 Å². The zero-order valence-electron chi connectivity index (χ0n) is 62.0. The number of pyridine rings is 3. The van der Waals surface area contributed by atoms with Crippen LogP contribution < -0.4 is 0 Å². The molecule has 8 rings (SSSR count). The van der Waals surface area contributed by atoms with Gasteiger partial charge in [0.2, 0.25) is 0 Å². The molecule has 0 fully saturated rings. The van der Waals surface area contributed by atoms with Gasteiger partial charge < -0.3 is 0 Å². The highest BCUT2D eigenvalue weighted by Crippen LogP contribution is 2.13. The van der Waals surface area contributed by atoms with Crippen molar-refractivity contribution >= 4 is 0 Å². The van der Waals surface area contributed by atoms with Gasteiger partial charge in [-0.05, 0) is 119 Å². The van der Waals surface area contributed by atoms with Gasteiger partial charge >= 0.3 is 0 Å². The minimum atomic E-state index is 0.436. The van der Waals surface area contributed by atoms with Gasteiger partial charge in [-0.2, -0.15) is 20.4 Å². The predicted octanol–water partition coefficient (Wildman–Crippen LogP) is 22.8. The summed E-state index contributed by atoms with van der Waals surface area (Å²) in [6, 6.07) is 23.8. The largest absolute Gasteiger partial charge is 0.265 e. The number of rotatable bonds is 8. The lowest BCUT2D eigenvalue weighted by Crippen LogP contribution is -1.93. The van der Waals surface area contributed by atoms with E-state index in [-0.39, 0.29) is 0 Å². The molecule has 13 heteroatoms. The molecular formula is C75H131N13. The Hall–Kier alpha value is -7.15. The quantitative estimate of drug-likeness (QED) is 0.141. The van der Waals surface area contributed by atoms with Crippen LogP contribution in [0, 0.1) is 0 Å². The molecule has 0 saturated heterocycles. The Balaban J connectivity index is -0.000000134. The van der Waals surface area contributed by atoms with Crippen molar-refractivity contribution in [2.75, 3.05) is 0 Å². The second-order valence-corrected chi connectivity index (χ2v) is 18.8. The van der Waals surface area contributed by atoms with Crippen LogP contribution in [0.2, 0.25) is 0 Å². The standard InChI is InChI=1S/3C8H11N.5C7H10N2.8C2H6/c1-7(2)8-3-5-9-6-4-8;1-7(2)8-4-3-5-9-6-8;1-7(2)8-5-3-4-6-9-8;1-6(2)7-5-8-3-4-9-7;1-6(2)7-3-4-8-5-9-7;1-6(2)7-3-4-8-9-5-7;1-6(2)7-8-4-3-5-9-7;1-6(2)7-4-3-5-8-9-7;8*1-2/h3*3-7H,1-2H3;5*3-6H,1-2H3;8*1-2H3. The van der Waals surface area contributed by atoms with Crippen LogP contribution in [-0.2, 0) is 0 Å². The molecule has 88 heavy (non-hydrogen) atoms. The van der Waals surface area contributed by atoms with Crippen molar-refractivity contribution in [2.24, 2.45) is 0 Å². The lowest BCUT2D eigenvalue weighted by molar-refractivity contribution is 0.774. The first-order chi connectivity index (χ1) is 42.4. The van der Waals surface area contributed by atoms with Gasteiger partial charge in [0.15, 0.2) is 0 Å². The third-order valence-electron chi connectivity index (χ3n) is 9.93. The molecule has 8 aromatic rings. The maximum Gasteiger partial charge on any atom is 0.130 e. The van der Waals surface area contributed by atoms with Crippen molar-refractivity contribution < 1.29 is 0 Å². The van der Waals surface area contributed by atoms with Gasteiger partial charge in [0.05, 0.1) is 17.6 Å². The van der Waals surface area contributed by atoms with Crippen LogP contribution in [0.15, 0.2) is 166 Å². The summed E-state index contributed by atoms with van der Waals surface area (Å²) in [5.74, 6) is 5.15. The Morgan fingerprint density at radius 1 is 0.227 bits per heavy atom. The van der Waals surface area contributed by atoms with E-state index in [0.717, 1.165) is 28.6 Å². The first-order valence-corrected chi connectivity index (χ1v) is 33.0. The molecule has 0 aliphatic carbocycles. The van der Waals surface area contributed by atoms with Gasteiger partial charge in [-0.15, -0.1) is 0 Å². The summed E-state index contributed by atoms with van der Waals surface area (Å²) in [6.45, 7) is 66.0. The molecule has 0 saturated carbocycles. The highest BCUT2D eigenvalue weighted by Gasteiger charge is 2.01. The molecular weight excluding hydrogens is 1080 g/mol. The Morgan fingerprint density at radius 2 is 0.659 bits per heavy atom. The second-order valence-electron chi connectivity index (χ2n) is 18.8. The highest BCUT2D eigenvalue weighted by molar-refractivity contribution is 5.14. The fraction of sp³-hybridized carbons (Fsp3) is 0.533. The second kappa shape index (κ2) is 75.9. The minimum Gasteiger partial charge on any atom is -0.265 e. The summed E-state index contributed by atoms with van der Waals surface area (Å²) in [7, 11) is 0. The van der Waals surface area contributed by atoms with Crippen molar-refractivity contribution in [3.63, 3.8) is 0 Å². The third-order valence-corrected chi connectivity index (χ3v) is 9.93. The molecule has 0 N–H and O–H groups in total. The van der Waals surface area contributed by atoms with Crippen LogP contribution in [0.3, 0.4) is 0 Å². The van der Waals surface area contributed by atoms with Crippen LogP contribution in [-0.4, -0.2) is 65.3 Å². The lowest BCUT2D eigenvalue weighted by atomic mass is 10.1. The number of aromatic nitrogens is 13. The lowest BCUT2D eigenvalue weighted by Gasteiger charge is -2.01. The SMILES string of the molecule is CC.CC.CC.CC.CC.CC.CC.CC.CC(C)c1ccccn1.CC(C)c1cccnc1.CC(C)c1cccnn1.CC(C)c1ccncc1.CC(C)c1ccncn1.CC(C)c1ccnnc1.CC(C)c1cnccn1.CC(C)c1ncccn1. The minimum absolute atomic E-state index is 0.436. The molecule has 0 atom stereocenters. The van der Waals surface area contributed by atoms with E-state index in [0.29, 0.717) is 47.3 Å². The molecule has 0 aliphatic rings. The number of hydrogen-bond donors (Lipinski definition) is 0. The van der Waals surface area contributed by atoms with Crippen molar-refractivity contribution in [3.8, 4) is 0 Å². The zero-order valence-corrected chi connectivity index (χ0v) is 62.0. The Kier molecular flexibility index (Phi) is 83.8. The van der Waals surface area contributed by atoms with Gasteiger partial charge in [-0.1, -0.05) is 234 Å². The number of nitrogens with zero attached hydrogens (tertiary/aromatic N) is 13. The molecule has 0 unspecified atom stereocenters. The zero-order chi connectivity index (χ0) is 69.5. The summed E-state index contributed by atoms with van der Waals surface area (Å²) >= 11 is 0. The molecule has 0 aliphatic heterocycles. The summed E-state index contributed by atoms with van der Waals surface area (Å²) in [5, 5.41) is 15.1. The van der Waals surface area contributed by atoms with E-state index in [9.17, 15) is 0 Å². The molecule has 0 spiro atoms. The Labute approximate surface area is 542 Å². The van der Waals surface area contributed by atoms with Crippen LogP contribution >= 0.6 is 0 Å². The summed E-state index contributed by atoms with van der Waals surface area (Å²) in [6.07, 6.45) is 26.5. The summed E-state index contributed by atoms with van der Waals surface area (Å²) < 4.78 is 0. The van der Waals surface area contributed by atoms with Gasteiger partial charge in [0, 0.05) is 97.9 Å². The first kappa shape index (κ1) is 97.1. The average Bonchev–Trinajstić information content (AvgIpc) is 3.61. The van der Waals surface area contributed by atoms with Crippen molar-refractivity contribution in [2.45, 2.75) is 269 Å². The predicted molar refractivity (Wildman–Crippen MR) is 386 cm³/mol. The van der Waals surface area contributed by atoms with Crippen molar-refractivity contribution in [3.05, 3.63) is 211 Å². The first-order valence-electron chi connectivity index (χ1n) is 33.0. The molecule has 0 amide bonds. The third kappa shape index (κ3) is 60.5. The molecule has 8 aromatic heterocycles. The number of hydrogen-bond acceptors (Lipinski definition) is 13. The maximum atomic E-state index is 4.18. The molecule has 0 bridgehead atoms. The van der Waals surface area contributed by atoms with E-state index in [1.54, 1.807) is 68.3 Å². The van der Waals surface area contributed by atoms with Crippen LogP contribution in [0.5, 0.6) is 0 Å². The highest BCUT2D eigenvalue weighted by atomic mass is 15.1. The van der Waals surface area contributed by atoms with E-state index in [4.69, 9.17) is 0 Å². The van der Waals surface area contributed by atoms with Crippen LogP contribution in [0.1, 0.15) is 314 Å². The van der Waals surface area contributed by atoms with Crippen molar-refractivity contribution in [1.29, 1.82) is 0 Å². The van der Waals surface area contributed by atoms with E-state index < -0.39 is 0 Å². The summed E-state index contributed by atoms with van der Waals surface area (Å²) in [5.41, 5.74) is 8.27. The van der Waals surface area contributed by atoms with Crippen LogP contribution in [0.4, 0.5) is 0 Å². The topological polar surface area (TPSA) is 168 Å². The Bertz CT molecular complexity index is 1880. The van der Waals surface area contributed by atoms with E-state index >= 15 is 0 Å². The van der Waals surface area contributed by atoms with Crippen LogP contribution in [0.25, 0.3) is 0 Å². The van der Waals surface area contributed by atoms with Gasteiger partial charge in [-0.3, -0.25) is 24.9 Å².